The molecule has 4 rings (SSSR count). The van der Waals surface area contributed by atoms with Gasteiger partial charge in [-0.3, -0.25) is 9.48 Å². The molecule has 1 N–H and O–H groups in total. The molecule has 0 fully saturated rings. The second kappa shape index (κ2) is 5.87. The lowest BCUT2D eigenvalue weighted by atomic mass is 10.0. The van der Waals surface area contributed by atoms with Crippen LogP contribution in [0, 0.1) is 0 Å². The van der Waals surface area contributed by atoms with Gasteiger partial charge in [0, 0.05) is 23.2 Å². The van der Waals surface area contributed by atoms with Gasteiger partial charge in [-0.05, 0) is 25.3 Å². The topological polar surface area (TPSA) is 59.8 Å². The average molecular weight is 338 g/mol. The molecular weight excluding hydrogens is 320 g/mol. The van der Waals surface area contributed by atoms with Crippen LogP contribution in [0.15, 0.2) is 36.5 Å². The number of nitrogens with one attached hydrogen (secondary N) is 1. The fraction of sp³-hybridized carbons (Fsp3) is 0.278. The summed E-state index contributed by atoms with van der Waals surface area (Å²) in [4.78, 5) is 18.4. The van der Waals surface area contributed by atoms with Crippen molar-refractivity contribution in [3.05, 3.63) is 52.7 Å². The van der Waals surface area contributed by atoms with Gasteiger partial charge in [-0.1, -0.05) is 30.3 Å². The van der Waals surface area contributed by atoms with Gasteiger partial charge in [0.25, 0.3) is 0 Å². The maximum absolute atomic E-state index is 12.5. The molecule has 1 aliphatic carbocycles. The molecule has 1 aromatic carbocycles. The van der Waals surface area contributed by atoms with Crippen LogP contribution in [0.2, 0.25) is 0 Å². The Morgan fingerprint density at radius 2 is 2.08 bits per heavy atom. The molecule has 5 nitrogen and oxygen atoms in total. The second-order valence-corrected chi connectivity index (χ2v) is 7.12. The average Bonchev–Trinajstić information content (AvgIpc) is 3.18. The van der Waals surface area contributed by atoms with E-state index >= 15 is 0 Å². The lowest BCUT2D eigenvalue weighted by Gasteiger charge is -2.10. The minimum Gasteiger partial charge on any atom is -0.301 e. The maximum atomic E-state index is 12.5. The quantitative estimate of drug-likeness (QED) is 0.796. The molecule has 1 aliphatic rings. The number of anilines is 1. The highest BCUT2D eigenvalue weighted by molar-refractivity contribution is 7.16. The Labute approximate surface area is 144 Å². The van der Waals surface area contributed by atoms with E-state index in [-0.39, 0.29) is 11.8 Å². The summed E-state index contributed by atoms with van der Waals surface area (Å²) < 4.78 is 1.91. The predicted octanol–water partition coefficient (Wildman–Crippen LogP) is 3.38. The molecule has 0 saturated heterocycles. The van der Waals surface area contributed by atoms with Crippen molar-refractivity contribution in [2.75, 3.05) is 5.32 Å². The predicted molar refractivity (Wildman–Crippen MR) is 95.2 cm³/mol. The van der Waals surface area contributed by atoms with Crippen molar-refractivity contribution in [2.24, 2.45) is 7.05 Å². The Morgan fingerprint density at radius 3 is 2.88 bits per heavy atom. The molecule has 0 aliphatic heterocycles. The summed E-state index contributed by atoms with van der Waals surface area (Å²) >= 11 is 1.57. The third-order valence-electron chi connectivity index (χ3n) is 4.53. The lowest BCUT2D eigenvalue weighted by Crippen LogP contribution is -2.18. The number of hydrogen-bond donors (Lipinski definition) is 1. The molecule has 0 saturated carbocycles. The van der Waals surface area contributed by atoms with Gasteiger partial charge in [0.1, 0.15) is 0 Å². The van der Waals surface area contributed by atoms with Crippen LogP contribution < -0.4 is 5.32 Å². The van der Waals surface area contributed by atoms with E-state index in [1.54, 1.807) is 11.3 Å². The van der Waals surface area contributed by atoms with Crippen LogP contribution in [0.1, 0.15) is 29.0 Å². The van der Waals surface area contributed by atoms with E-state index in [9.17, 15) is 4.79 Å². The number of thiazole rings is 1. The molecular formula is C18H18N4OS. The van der Waals surface area contributed by atoms with Gasteiger partial charge < -0.3 is 5.32 Å². The van der Waals surface area contributed by atoms with E-state index in [1.807, 2.05) is 55.2 Å². The minimum atomic E-state index is -0.207. The monoisotopic (exact) mass is 338 g/mol. The Bertz CT molecular complexity index is 897. The lowest BCUT2D eigenvalue weighted by molar-refractivity contribution is -0.117. The van der Waals surface area contributed by atoms with E-state index in [0.717, 1.165) is 29.7 Å². The van der Waals surface area contributed by atoms with Crippen molar-refractivity contribution in [3.63, 3.8) is 0 Å². The SMILES string of the molecule is CC(C(=O)Nc1nc2c(s1)CCc1c-2cnn1C)c1ccccc1. The molecule has 2 aromatic heterocycles. The van der Waals surface area contributed by atoms with Gasteiger partial charge in [0.2, 0.25) is 5.91 Å². The summed E-state index contributed by atoms with van der Waals surface area (Å²) in [5.41, 5.74) is 4.28. The summed E-state index contributed by atoms with van der Waals surface area (Å²) in [5.74, 6) is -0.236. The molecule has 6 heteroatoms. The van der Waals surface area contributed by atoms with Crippen LogP contribution in [0.5, 0.6) is 0 Å². The first kappa shape index (κ1) is 15.1. The van der Waals surface area contributed by atoms with Crippen LogP contribution in [0.3, 0.4) is 0 Å². The zero-order chi connectivity index (χ0) is 16.7. The number of aromatic nitrogens is 3. The molecule has 1 amide bonds. The summed E-state index contributed by atoms with van der Waals surface area (Å²) in [5, 5.41) is 7.98. The van der Waals surface area contributed by atoms with E-state index in [0.29, 0.717) is 5.13 Å². The van der Waals surface area contributed by atoms with Crippen molar-refractivity contribution < 1.29 is 4.79 Å². The van der Waals surface area contributed by atoms with Crippen LogP contribution in [0.25, 0.3) is 11.3 Å². The molecule has 24 heavy (non-hydrogen) atoms. The van der Waals surface area contributed by atoms with E-state index < -0.39 is 0 Å². The van der Waals surface area contributed by atoms with Gasteiger partial charge in [-0.2, -0.15) is 5.10 Å². The van der Waals surface area contributed by atoms with Gasteiger partial charge in [0.15, 0.2) is 5.13 Å². The van der Waals surface area contributed by atoms with Crippen LogP contribution in [0.4, 0.5) is 5.13 Å². The van der Waals surface area contributed by atoms with Crippen molar-refractivity contribution >= 4 is 22.4 Å². The third-order valence-corrected chi connectivity index (χ3v) is 5.56. The number of aryl methyl sites for hydroxylation is 2. The van der Waals surface area contributed by atoms with Crippen molar-refractivity contribution in [3.8, 4) is 11.3 Å². The Balaban J connectivity index is 1.57. The molecule has 2 heterocycles. The maximum Gasteiger partial charge on any atom is 0.233 e. The van der Waals surface area contributed by atoms with Crippen LogP contribution in [-0.2, 0) is 24.7 Å². The standard InChI is InChI=1S/C18H18N4OS/c1-11(12-6-4-3-5-7-12)17(23)21-18-20-16-13-10-19-22(2)14(13)8-9-15(16)24-18/h3-7,10-11H,8-9H2,1-2H3,(H,20,21,23). The number of hydrogen-bond acceptors (Lipinski definition) is 4. The van der Waals surface area contributed by atoms with Gasteiger partial charge >= 0.3 is 0 Å². The van der Waals surface area contributed by atoms with Crippen molar-refractivity contribution in [1.82, 2.24) is 14.8 Å². The largest absolute Gasteiger partial charge is 0.301 e. The number of nitrogens with zero attached hydrogens (tertiary/aromatic N) is 3. The first-order valence-corrected chi connectivity index (χ1v) is 8.82. The molecule has 0 bridgehead atoms. The Hall–Kier alpha value is -2.47. The summed E-state index contributed by atoms with van der Waals surface area (Å²) in [6.45, 7) is 1.91. The molecule has 0 spiro atoms. The molecule has 1 atom stereocenters. The molecule has 0 radical (unpaired) electrons. The van der Waals surface area contributed by atoms with E-state index in [1.165, 1.54) is 10.6 Å². The number of benzene rings is 1. The summed E-state index contributed by atoms with van der Waals surface area (Å²) in [6, 6.07) is 9.79. The normalized spacial score (nSPS) is 13.9. The zero-order valence-corrected chi connectivity index (χ0v) is 14.4. The number of rotatable bonds is 3. The summed E-state index contributed by atoms with van der Waals surface area (Å²) in [6.07, 6.45) is 3.78. The van der Waals surface area contributed by atoms with Crippen LogP contribution >= 0.6 is 11.3 Å². The molecule has 1 unspecified atom stereocenters. The molecule has 3 aromatic rings. The number of carbonyl (C=O) groups is 1. The van der Waals surface area contributed by atoms with Gasteiger partial charge in [-0.15, -0.1) is 11.3 Å². The zero-order valence-electron chi connectivity index (χ0n) is 13.6. The third kappa shape index (κ3) is 2.53. The van der Waals surface area contributed by atoms with Crippen molar-refractivity contribution in [2.45, 2.75) is 25.7 Å². The van der Waals surface area contributed by atoms with E-state index in [4.69, 9.17) is 0 Å². The molecule has 122 valence electrons. The van der Waals surface area contributed by atoms with E-state index in [2.05, 4.69) is 15.4 Å². The van der Waals surface area contributed by atoms with Gasteiger partial charge in [0.05, 0.1) is 17.8 Å². The number of fused-ring (bicyclic) bond motifs is 3. The van der Waals surface area contributed by atoms with Crippen molar-refractivity contribution in [1.29, 1.82) is 0 Å². The Kier molecular flexibility index (Phi) is 3.69. The van der Waals surface area contributed by atoms with Gasteiger partial charge in [-0.25, -0.2) is 4.98 Å². The van der Waals surface area contributed by atoms with Crippen LogP contribution in [-0.4, -0.2) is 20.7 Å². The smallest absolute Gasteiger partial charge is 0.233 e. The minimum absolute atomic E-state index is 0.0290. The summed E-state index contributed by atoms with van der Waals surface area (Å²) in [7, 11) is 1.96. The number of amides is 1. The fourth-order valence-electron chi connectivity index (χ4n) is 3.08. The highest BCUT2D eigenvalue weighted by Crippen LogP contribution is 2.38. The highest BCUT2D eigenvalue weighted by Gasteiger charge is 2.25. The Morgan fingerprint density at radius 1 is 1.29 bits per heavy atom. The fourth-order valence-corrected chi connectivity index (χ4v) is 4.06. The second-order valence-electron chi connectivity index (χ2n) is 6.04. The number of carbonyl (C=O) groups excluding carboxylic acids is 1. The highest BCUT2D eigenvalue weighted by atomic mass is 32.1. The first-order valence-electron chi connectivity index (χ1n) is 8.00. The first-order chi connectivity index (χ1) is 11.6.